The van der Waals surface area contributed by atoms with Crippen LogP contribution in [0.5, 0.6) is 11.5 Å². The van der Waals surface area contributed by atoms with Crippen LogP contribution in [0.4, 0.5) is 11.4 Å². The number of halogens is 3. The highest BCUT2D eigenvalue weighted by molar-refractivity contribution is 6.45. The zero-order valence-corrected chi connectivity index (χ0v) is 23.3. The van der Waals surface area contributed by atoms with Crippen LogP contribution in [0.15, 0.2) is 59.7 Å². The number of benzene rings is 3. The van der Waals surface area contributed by atoms with E-state index < -0.39 is 11.8 Å². The second kappa shape index (κ2) is 14.4. The normalized spacial score (nSPS) is 10.7. The number of nitrogens with one attached hydrogen (secondary N) is 3. The number of carbonyl (C=O) groups excluding carboxylic acids is 3. The number of hydrogen-bond donors (Lipinski definition) is 3. The van der Waals surface area contributed by atoms with E-state index in [9.17, 15) is 14.4 Å². The van der Waals surface area contributed by atoms with Gasteiger partial charge >= 0.3 is 11.8 Å². The minimum absolute atomic E-state index is 0.104. The zero-order valence-electron chi connectivity index (χ0n) is 21.0. The minimum Gasteiger partial charge on any atom is -0.490 e. The molecule has 0 radical (unpaired) electrons. The Morgan fingerprint density at radius 1 is 0.897 bits per heavy atom. The van der Waals surface area contributed by atoms with Gasteiger partial charge < -0.3 is 20.1 Å². The van der Waals surface area contributed by atoms with Crippen molar-refractivity contribution in [3.05, 3.63) is 80.8 Å². The average Bonchev–Trinajstić information content (AvgIpc) is 2.91. The van der Waals surface area contributed by atoms with E-state index >= 15 is 0 Å². The highest BCUT2D eigenvalue weighted by Crippen LogP contribution is 2.36. The maximum Gasteiger partial charge on any atom is 0.329 e. The molecule has 3 aromatic rings. The van der Waals surface area contributed by atoms with Crippen LogP contribution in [0.25, 0.3) is 0 Å². The van der Waals surface area contributed by atoms with Crippen LogP contribution in [0.1, 0.15) is 25.0 Å². The van der Waals surface area contributed by atoms with E-state index in [2.05, 4.69) is 21.2 Å². The summed E-state index contributed by atoms with van der Waals surface area (Å²) < 4.78 is 11.3. The molecule has 0 fully saturated rings. The number of ether oxygens (including phenoxy) is 2. The molecule has 3 amide bonds. The van der Waals surface area contributed by atoms with Crippen molar-refractivity contribution in [2.75, 3.05) is 23.8 Å². The molecule has 0 aliphatic heterocycles. The van der Waals surface area contributed by atoms with Crippen molar-refractivity contribution in [2.45, 2.75) is 20.3 Å². The molecule has 3 N–H and O–H groups in total. The molecule has 0 unspecified atom stereocenters. The van der Waals surface area contributed by atoms with E-state index in [0.717, 1.165) is 12.0 Å². The number of amides is 3. The molecule has 0 saturated carbocycles. The largest absolute Gasteiger partial charge is 0.490 e. The molecular weight excluding hydrogens is 567 g/mol. The molecular formula is C27H25Cl3N4O5. The van der Waals surface area contributed by atoms with Crippen molar-refractivity contribution in [1.82, 2.24) is 5.43 Å². The number of aryl methyl sites for hydroxylation is 1. The second-order valence-electron chi connectivity index (χ2n) is 7.90. The SMILES string of the molecule is CCOc1cc(/C=N\NC(=O)C(=O)Nc2cccc(Cl)c2Cl)cc(Cl)c1OCC(=O)Nc1ccc(CC)cc1. The molecule has 0 spiro atoms. The molecule has 0 aliphatic carbocycles. The molecule has 3 aromatic carbocycles. The fourth-order valence-corrected chi connectivity index (χ4v) is 3.84. The topological polar surface area (TPSA) is 118 Å². The molecule has 0 aromatic heterocycles. The number of hydrazone groups is 1. The lowest BCUT2D eigenvalue weighted by molar-refractivity contribution is -0.136. The Kier molecular flexibility index (Phi) is 11.0. The van der Waals surface area contributed by atoms with Gasteiger partial charge in [-0.2, -0.15) is 5.10 Å². The van der Waals surface area contributed by atoms with Crippen molar-refractivity contribution in [1.29, 1.82) is 0 Å². The molecule has 0 atom stereocenters. The average molecular weight is 592 g/mol. The number of rotatable bonds is 10. The quantitative estimate of drug-likeness (QED) is 0.158. The fourth-order valence-electron chi connectivity index (χ4n) is 3.22. The smallest absolute Gasteiger partial charge is 0.329 e. The third-order valence-corrected chi connectivity index (χ3v) is 6.21. The summed E-state index contributed by atoms with van der Waals surface area (Å²) in [6.07, 6.45) is 2.17. The lowest BCUT2D eigenvalue weighted by atomic mass is 10.1. The lowest BCUT2D eigenvalue weighted by Crippen LogP contribution is -2.32. The Bertz CT molecular complexity index is 1380. The standard InChI is InChI=1S/C27H25Cl3N4O5/c1-3-16-8-10-18(11-9-16)32-23(35)15-39-25-20(29)12-17(13-22(25)38-4-2)14-31-34-27(37)26(36)33-21-7-5-6-19(28)24(21)30/h5-14H,3-4,15H2,1-2H3,(H,32,35)(H,33,36)(H,34,37)/b31-14-. The van der Waals surface area contributed by atoms with Crippen LogP contribution in [0, 0.1) is 0 Å². The van der Waals surface area contributed by atoms with Crippen molar-refractivity contribution >= 4 is 70.1 Å². The van der Waals surface area contributed by atoms with Gasteiger partial charge in [0.25, 0.3) is 5.91 Å². The Morgan fingerprint density at radius 2 is 1.64 bits per heavy atom. The van der Waals surface area contributed by atoms with E-state index in [4.69, 9.17) is 44.3 Å². The second-order valence-corrected chi connectivity index (χ2v) is 9.10. The van der Waals surface area contributed by atoms with Crippen molar-refractivity contribution in [3.8, 4) is 11.5 Å². The summed E-state index contributed by atoms with van der Waals surface area (Å²) in [4.78, 5) is 36.6. The van der Waals surface area contributed by atoms with E-state index in [1.54, 1.807) is 25.1 Å². The van der Waals surface area contributed by atoms with E-state index in [1.807, 2.05) is 31.2 Å². The molecule has 3 rings (SSSR count). The Hall–Kier alpha value is -3.79. The maximum atomic E-state index is 12.4. The minimum atomic E-state index is -1.03. The van der Waals surface area contributed by atoms with Gasteiger partial charge in [-0.05, 0) is 60.9 Å². The molecule has 39 heavy (non-hydrogen) atoms. The molecule has 0 saturated heterocycles. The summed E-state index contributed by atoms with van der Waals surface area (Å²) >= 11 is 18.3. The van der Waals surface area contributed by atoms with E-state index in [1.165, 1.54) is 18.3 Å². The van der Waals surface area contributed by atoms with E-state index in [-0.39, 0.29) is 44.8 Å². The zero-order chi connectivity index (χ0) is 28.4. The van der Waals surface area contributed by atoms with Gasteiger partial charge in [0.1, 0.15) is 0 Å². The van der Waals surface area contributed by atoms with Gasteiger partial charge in [0.15, 0.2) is 18.1 Å². The highest BCUT2D eigenvalue weighted by Gasteiger charge is 2.17. The number of hydrogen-bond acceptors (Lipinski definition) is 6. The first-order valence-corrected chi connectivity index (χ1v) is 12.9. The van der Waals surface area contributed by atoms with Gasteiger partial charge in [-0.1, -0.05) is 59.9 Å². The first-order valence-electron chi connectivity index (χ1n) is 11.8. The molecule has 12 heteroatoms. The van der Waals surface area contributed by atoms with Crippen LogP contribution in [-0.4, -0.2) is 37.1 Å². The Balaban J connectivity index is 1.61. The van der Waals surface area contributed by atoms with Crippen molar-refractivity contribution in [2.24, 2.45) is 5.10 Å². The first-order chi connectivity index (χ1) is 18.7. The summed E-state index contributed by atoms with van der Waals surface area (Å²) in [5.74, 6) is -1.95. The number of anilines is 2. The van der Waals surface area contributed by atoms with Gasteiger partial charge in [0.05, 0.1) is 33.6 Å². The van der Waals surface area contributed by atoms with Crippen molar-refractivity contribution in [3.63, 3.8) is 0 Å². The summed E-state index contributed by atoms with van der Waals surface area (Å²) in [7, 11) is 0. The highest BCUT2D eigenvalue weighted by atomic mass is 35.5. The van der Waals surface area contributed by atoms with Gasteiger partial charge in [0, 0.05) is 5.69 Å². The van der Waals surface area contributed by atoms with Crippen LogP contribution >= 0.6 is 34.8 Å². The summed E-state index contributed by atoms with van der Waals surface area (Å²) in [5.41, 5.74) is 4.54. The summed E-state index contributed by atoms with van der Waals surface area (Å²) in [5, 5.41) is 9.38. The monoisotopic (exact) mass is 590 g/mol. The maximum absolute atomic E-state index is 12.4. The predicted molar refractivity (Wildman–Crippen MR) is 153 cm³/mol. The molecule has 0 aliphatic rings. The van der Waals surface area contributed by atoms with Crippen LogP contribution in [0.2, 0.25) is 15.1 Å². The molecule has 0 heterocycles. The summed E-state index contributed by atoms with van der Waals surface area (Å²) in [6, 6.07) is 15.2. The van der Waals surface area contributed by atoms with Gasteiger partial charge in [-0.3, -0.25) is 14.4 Å². The molecule has 0 bridgehead atoms. The van der Waals surface area contributed by atoms with Gasteiger partial charge in [-0.25, -0.2) is 5.43 Å². The Morgan fingerprint density at radius 3 is 2.33 bits per heavy atom. The van der Waals surface area contributed by atoms with Crippen molar-refractivity contribution < 1.29 is 23.9 Å². The molecule has 204 valence electrons. The fraction of sp³-hybridized carbons (Fsp3) is 0.185. The van der Waals surface area contributed by atoms with Crippen LogP contribution in [0.3, 0.4) is 0 Å². The van der Waals surface area contributed by atoms with Gasteiger partial charge in [0.2, 0.25) is 0 Å². The number of nitrogens with zero attached hydrogens (tertiary/aromatic N) is 1. The third kappa shape index (κ3) is 8.61. The first kappa shape index (κ1) is 29.8. The lowest BCUT2D eigenvalue weighted by Gasteiger charge is -2.14. The van der Waals surface area contributed by atoms with E-state index in [0.29, 0.717) is 17.9 Å². The van der Waals surface area contributed by atoms with Gasteiger partial charge in [-0.15, -0.1) is 0 Å². The molecule has 9 nitrogen and oxygen atoms in total. The third-order valence-electron chi connectivity index (χ3n) is 5.11. The Labute approximate surface area is 240 Å². The van der Waals surface area contributed by atoms with Crippen LogP contribution < -0.4 is 25.5 Å². The van der Waals surface area contributed by atoms with Crippen LogP contribution in [-0.2, 0) is 20.8 Å². The number of carbonyl (C=O) groups is 3. The predicted octanol–water partition coefficient (Wildman–Crippen LogP) is 5.71. The summed E-state index contributed by atoms with van der Waals surface area (Å²) in [6.45, 7) is 3.82.